The first kappa shape index (κ1) is 21.3. The highest BCUT2D eigenvalue weighted by Gasteiger charge is 2.24. The molecule has 162 valence electrons. The van der Waals surface area contributed by atoms with Crippen molar-refractivity contribution in [3.05, 3.63) is 77.9 Å². The van der Waals surface area contributed by atoms with Crippen molar-refractivity contribution in [2.24, 2.45) is 0 Å². The molecule has 0 radical (unpaired) electrons. The monoisotopic (exact) mass is 439 g/mol. The predicted molar refractivity (Wildman–Crippen MR) is 120 cm³/mol. The first-order valence-electron chi connectivity index (χ1n) is 9.92. The molecule has 0 unspecified atom stereocenters. The second-order valence-corrected chi connectivity index (χ2v) is 8.73. The molecule has 4 rings (SSSR count). The number of hydrogen-bond donors (Lipinski definition) is 5. The van der Waals surface area contributed by atoms with E-state index in [9.17, 15) is 8.42 Å². The molecule has 1 aliphatic heterocycles. The summed E-state index contributed by atoms with van der Waals surface area (Å²) in [6.45, 7) is 1.99. The largest absolute Gasteiger partial charge is 0.495 e. The number of methoxy groups -OCH3 is 1. The molecule has 0 atom stereocenters. The molecule has 0 bridgehead atoms. The number of aryl methyl sites for hydroxylation is 1. The van der Waals surface area contributed by atoms with Crippen molar-refractivity contribution in [2.45, 2.75) is 24.4 Å². The molecule has 8 nitrogen and oxygen atoms in total. The number of anilines is 1. The van der Waals surface area contributed by atoms with Crippen LogP contribution in [0.2, 0.25) is 0 Å². The van der Waals surface area contributed by atoms with Crippen LogP contribution in [0.5, 0.6) is 5.75 Å². The Bertz CT molecular complexity index is 1160. The molecule has 0 aliphatic carbocycles. The van der Waals surface area contributed by atoms with Crippen LogP contribution in [0, 0.1) is 0 Å². The maximum Gasteiger partial charge on any atom is 0.265 e. The number of hydrazine groups is 3. The van der Waals surface area contributed by atoms with Gasteiger partial charge in [-0.05, 0) is 46.9 Å². The van der Waals surface area contributed by atoms with Gasteiger partial charge in [-0.15, -0.1) is 0 Å². The quantitative estimate of drug-likeness (QED) is 0.386. The SMILES string of the molecule is CCc1ccc(-c2ccccc2)cc1NS(=O)(=O)c1cc(C2NNNN2)ccc1OC. The van der Waals surface area contributed by atoms with Gasteiger partial charge in [0.2, 0.25) is 0 Å². The van der Waals surface area contributed by atoms with Crippen LogP contribution in [0.1, 0.15) is 24.2 Å². The van der Waals surface area contributed by atoms with Crippen molar-refractivity contribution in [3.8, 4) is 16.9 Å². The summed E-state index contributed by atoms with van der Waals surface area (Å²) in [5.74, 6) is 0.271. The van der Waals surface area contributed by atoms with Crippen molar-refractivity contribution >= 4 is 15.7 Å². The molecule has 5 N–H and O–H groups in total. The minimum Gasteiger partial charge on any atom is -0.495 e. The minimum absolute atomic E-state index is 0.0650. The number of hydrogen-bond acceptors (Lipinski definition) is 7. The van der Waals surface area contributed by atoms with Gasteiger partial charge in [-0.25, -0.2) is 19.3 Å². The average Bonchev–Trinajstić information content (AvgIpc) is 3.34. The fourth-order valence-corrected chi connectivity index (χ4v) is 4.79. The number of sulfonamides is 1. The highest BCUT2D eigenvalue weighted by Crippen LogP contribution is 2.32. The lowest BCUT2D eigenvalue weighted by atomic mass is 10.0. The number of ether oxygens (including phenoxy) is 1. The van der Waals surface area contributed by atoms with E-state index in [4.69, 9.17) is 4.74 Å². The molecule has 1 aliphatic rings. The molecule has 1 fully saturated rings. The van der Waals surface area contributed by atoms with E-state index in [-0.39, 0.29) is 16.8 Å². The van der Waals surface area contributed by atoms with Crippen molar-refractivity contribution in [3.63, 3.8) is 0 Å². The van der Waals surface area contributed by atoms with Crippen molar-refractivity contribution in [1.82, 2.24) is 21.9 Å². The van der Waals surface area contributed by atoms with E-state index in [0.29, 0.717) is 12.1 Å². The summed E-state index contributed by atoms with van der Waals surface area (Å²) in [5.41, 5.74) is 15.5. The molecule has 0 saturated carbocycles. The van der Waals surface area contributed by atoms with Crippen LogP contribution < -0.4 is 31.4 Å². The Balaban J connectivity index is 1.72. The third kappa shape index (κ3) is 4.55. The van der Waals surface area contributed by atoms with Gasteiger partial charge >= 0.3 is 0 Å². The lowest BCUT2D eigenvalue weighted by Gasteiger charge is -2.17. The lowest BCUT2D eigenvalue weighted by Crippen LogP contribution is -2.33. The van der Waals surface area contributed by atoms with Crippen LogP contribution in [-0.2, 0) is 16.4 Å². The van der Waals surface area contributed by atoms with Crippen molar-refractivity contribution < 1.29 is 13.2 Å². The fourth-order valence-electron chi connectivity index (χ4n) is 3.49. The first-order valence-corrected chi connectivity index (χ1v) is 11.4. The van der Waals surface area contributed by atoms with Crippen LogP contribution in [0.3, 0.4) is 0 Å². The van der Waals surface area contributed by atoms with Crippen molar-refractivity contribution in [1.29, 1.82) is 0 Å². The maximum absolute atomic E-state index is 13.4. The van der Waals surface area contributed by atoms with E-state index in [1.807, 2.05) is 55.5 Å². The van der Waals surface area contributed by atoms with Gasteiger partial charge in [0, 0.05) is 0 Å². The summed E-state index contributed by atoms with van der Waals surface area (Å²) >= 11 is 0. The van der Waals surface area contributed by atoms with E-state index in [1.165, 1.54) is 7.11 Å². The molecular formula is C22H25N5O3S. The molecule has 3 aromatic rings. The zero-order valence-electron chi connectivity index (χ0n) is 17.3. The van der Waals surface area contributed by atoms with Gasteiger partial charge in [0.05, 0.1) is 12.8 Å². The number of nitrogens with one attached hydrogen (secondary N) is 5. The normalized spacial score (nSPS) is 14.5. The van der Waals surface area contributed by atoms with Crippen LogP contribution >= 0.6 is 0 Å². The van der Waals surface area contributed by atoms with Gasteiger partial charge in [0.25, 0.3) is 10.0 Å². The van der Waals surface area contributed by atoms with Crippen LogP contribution in [-0.4, -0.2) is 15.5 Å². The zero-order chi connectivity index (χ0) is 21.8. The van der Waals surface area contributed by atoms with E-state index < -0.39 is 10.0 Å². The first-order chi connectivity index (χ1) is 15.0. The summed E-state index contributed by atoms with van der Waals surface area (Å²) in [7, 11) is -2.46. The smallest absolute Gasteiger partial charge is 0.265 e. The number of rotatable bonds is 7. The van der Waals surface area contributed by atoms with Gasteiger partial charge in [0.1, 0.15) is 16.8 Å². The average molecular weight is 440 g/mol. The molecular weight excluding hydrogens is 414 g/mol. The van der Waals surface area contributed by atoms with Crippen LogP contribution in [0.4, 0.5) is 5.69 Å². The zero-order valence-corrected chi connectivity index (χ0v) is 18.1. The van der Waals surface area contributed by atoms with Gasteiger partial charge in [0.15, 0.2) is 0 Å². The molecule has 0 aromatic heterocycles. The highest BCUT2D eigenvalue weighted by atomic mass is 32.2. The second kappa shape index (κ2) is 9.04. The van der Waals surface area contributed by atoms with Crippen molar-refractivity contribution in [2.75, 3.05) is 11.8 Å². The Morgan fingerprint density at radius 3 is 2.35 bits per heavy atom. The van der Waals surface area contributed by atoms with Crippen LogP contribution in [0.25, 0.3) is 11.1 Å². The predicted octanol–water partition coefficient (Wildman–Crippen LogP) is 2.84. The summed E-state index contributed by atoms with van der Waals surface area (Å²) < 4.78 is 34.9. The van der Waals surface area contributed by atoms with Gasteiger partial charge < -0.3 is 4.74 Å². The molecule has 31 heavy (non-hydrogen) atoms. The minimum atomic E-state index is -3.91. The summed E-state index contributed by atoms with van der Waals surface area (Å²) in [6, 6.07) is 20.7. The number of benzene rings is 3. The maximum atomic E-state index is 13.4. The summed E-state index contributed by atoms with van der Waals surface area (Å²) in [4.78, 5) is 0.0650. The molecule has 1 saturated heterocycles. The molecule has 1 heterocycles. The molecule has 0 spiro atoms. The van der Waals surface area contributed by atoms with Crippen LogP contribution in [0.15, 0.2) is 71.6 Å². The Labute approximate surface area is 182 Å². The molecule has 9 heteroatoms. The second-order valence-electron chi connectivity index (χ2n) is 7.08. The molecule has 0 amide bonds. The lowest BCUT2D eigenvalue weighted by molar-refractivity contribution is 0.402. The van der Waals surface area contributed by atoms with Gasteiger partial charge in [-0.2, -0.15) is 11.1 Å². The Hall–Kier alpha value is -2.95. The third-order valence-corrected chi connectivity index (χ3v) is 6.53. The highest BCUT2D eigenvalue weighted by molar-refractivity contribution is 7.92. The summed E-state index contributed by atoms with van der Waals surface area (Å²) in [6.07, 6.45) is 0.393. The van der Waals surface area contributed by atoms with E-state index in [0.717, 1.165) is 22.3 Å². The van der Waals surface area contributed by atoms with E-state index in [2.05, 4.69) is 26.6 Å². The third-order valence-electron chi connectivity index (χ3n) is 5.15. The van der Waals surface area contributed by atoms with E-state index in [1.54, 1.807) is 18.2 Å². The fraction of sp³-hybridized carbons (Fsp3) is 0.182. The molecule has 3 aromatic carbocycles. The topological polar surface area (TPSA) is 104 Å². The van der Waals surface area contributed by atoms with E-state index >= 15 is 0 Å². The Kier molecular flexibility index (Phi) is 6.21. The van der Waals surface area contributed by atoms with Gasteiger partial charge in [-0.3, -0.25) is 4.72 Å². The Morgan fingerprint density at radius 2 is 1.68 bits per heavy atom. The summed E-state index contributed by atoms with van der Waals surface area (Å²) in [5, 5.41) is 0. The van der Waals surface area contributed by atoms with Gasteiger partial charge in [-0.1, -0.05) is 55.5 Å². The standard InChI is InChI=1S/C22H25N5O3S/c1-3-15-9-10-17(16-7-5-4-6-8-16)13-19(15)25-31(28,29)21-14-18(11-12-20(21)30-2)22-23-26-27-24-22/h4-14,22-27H,3H2,1-2H3. The Morgan fingerprint density at radius 1 is 0.935 bits per heavy atom.